The largest absolute Gasteiger partial charge is 0.419 e. The number of halogens is 1. The molecule has 1 aromatic carbocycles. The average molecular weight is 365 g/mol. The van der Waals surface area contributed by atoms with Gasteiger partial charge in [-0.15, -0.1) is 10.2 Å². The van der Waals surface area contributed by atoms with Crippen molar-refractivity contribution in [3.63, 3.8) is 0 Å². The minimum absolute atomic E-state index is 0.0337. The smallest absolute Gasteiger partial charge is 0.266 e. The van der Waals surface area contributed by atoms with Gasteiger partial charge in [-0.3, -0.25) is 4.98 Å². The molecular weight excluding hydrogens is 352 g/mol. The van der Waals surface area contributed by atoms with Crippen LogP contribution in [0.5, 0.6) is 0 Å². The molecule has 0 atom stereocenters. The molecule has 3 aromatic rings. The number of aromatic nitrogens is 3. The molecule has 3 rings (SSSR count). The van der Waals surface area contributed by atoms with E-state index in [4.69, 9.17) is 16.0 Å². The number of nitrogens with zero attached hydrogens (tertiary/aromatic N) is 3. The molecule has 0 aliphatic rings. The number of pyridine rings is 1. The maximum atomic E-state index is 12.2. The van der Waals surface area contributed by atoms with E-state index in [1.165, 1.54) is 12.1 Å². The van der Waals surface area contributed by atoms with Crippen LogP contribution < -0.4 is 4.72 Å². The SMILES string of the molecule is O=S(=O)(NCCc1nnc(-c2ccccn2)o1)c1ccccc1Cl. The van der Waals surface area contributed by atoms with E-state index in [1.807, 2.05) is 6.07 Å². The Morgan fingerprint density at radius 2 is 1.88 bits per heavy atom. The van der Waals surface area contributed by atoms with Gasteiger partial charge in [0.25, 0.3) is 5.89 Å². The van der Waals surface area contributed by atoms with Crippen molar-refractivity contribution in [1.82, 2.24) is 19.9 Å². The van der Waals surface area contributed by atoms with E-state index >= 15 is 0 Å². The second-order valence-corrected chi connectivity index (χ2v) is 6.94. The van der Waals surface area contributed by atoms with Crippen molar-refractivity contribution in [2.45, 2.75) is 11.3 Å². The molecule has 124 valence electrons. The molecule has 0 bridgehead atoms. The molecule has 0 aliphatic carbocycles. The summed E-state index contributed by atoms with van der Waals surface area (Å²) in [4.78, 5) is 4.14. The van der Waals surface area contributed by atoms with Crippen molar-refractivity contribution in [1.29, 1.82) is 0 Å². The lowest BCUT2D eigenvalue weighted by molar-refractivity contribution is 0.500. The lowest BCUT2D eigenvalue weighted by Crippen LogP contribution is -2.26. The molecule has 0 unspecified atom stereocenters. The number of hydrogen-bond donors (Lipinski definition) is 1. The van der Waals surface area contributed by atoms with Crippen LogP contribution in [0.3, 0.4) is 0 Å². The summed E-state index contributed by atoms with van der Waals surface area (Å²) in [5.74, 6) is 0.608. The van der Waals surface area contributed by atoms with Crippen LogP contribution in [0.1, 0.15) is 5.89 Å². The number of rotatable bonds is 6. The molecule has 0 saturated carbocycles. The first-order chi connectivity index (χ1) is 11.6. The zero-order valence-electron chi connectivity index (χ0n) is 12.4. The molecule has 0 amide bonds. The van der Waals surface area contributed by atoms with Gasteiger partial charge in [-0.25, -0.2) is 13.1 Å². The third-order valence-electron chi connectivity index (χ3n) is 3.11. The van der Waals surface area contributed by atoms with Crippen LogP contribution in [0.15, 0.2) is 58.0 Å². The Morgan fingerprint density at radius 1 is 1.08 bits per heavy atom. The highest BCUT2D eigenvalue weighted by Crippen LogP contribution is 2.20. The van der Waals surface area contributed by atoms with Crippen molar-refractivity contribution in [3.8, 4) is 11.6 Å². The quantitative estimate of drug-likeness (QED) is 0.720. The summed E-state index contributed by atoms with van der Waals surface area (Å²) in [6, 6.07) is 11.6. The summed E-state index contributed by atoms with van der Waals surface area (Å²) >= 11 is 5.91. The van der Waals surface area contributed by atoms with Crippen molar-refractivity contribution in [2.75, 3.05) is 6.54 Å². The summed E-state index contributed by atoms with van der Waals surface area (Å²) in [6.45, 7) is 0.109. The van der Waals surface area contributed by atoms with E-state index in [9.17, 15) is 8.42 Å². The van der Waals surface area contributed by atoms with Gasteiger partial charge in [0.05, 0.1) is 5.02 Å². The summed E-state index contributed by atoms with van der Waals surface area (Å²) in [7, 11) is -3.69. The van der Waals surface area contributed by atoms with Crippen LogP contribution in [0.2, 0.25) is 5.02 Å². The third-order valence-corrected chi connectivity index (χ3v) is 5.07. The first-order valence-electron chi connectivity index (χ1n) is 7.04. The van der Waals surface area contributed by atoms with Gasteiger partial charge in [-0.2, -0.15) is 0 Å². The van der Waals surface area contributed by atoms with Gasteiger partial charge in [0, 0.05) is 19.2 Å². The number of benzene rings is 1. The van der Waals surface area contributed by atoms with Crippen molar-refractivity contribution in [2.24, 2.45) is 0 Å². The van der Waals surface area contributed by atoms with Crippen molar-refractivity contribution < 1.29 is 12.8 Å². The lowest BCUT2D eigenvalue weighted by Gasteiger charge is -2.06. The van der Waals surface area contributed by atoms with Gasteiger partial charge in [0.1, 0.15) is 10.6 Å². The molecule has 0 saturated heterocycles. The van der Waals surface area contributed by atoms with Crippen LogP contribution in [0.4, 0.5) is 0 Å². The third kappa shape index (κ3) is 3.78. The summed E-state index contributed by atoms with van der Waals surface area (Å²) in [5.41, 5.74) is 0.563. The second-order valence-electron chi connectivity index (χ2n) is 4.79. The van der Waals surface area contributed by atoms with Gasteiger partial charge in [-0.1, -0.05) is 29.8 Å². The fraction of sp³-hybridized carbons (Fsp3) is 0.133. The minimum atomic E-state index is -3.69. The van der Waals surface area contributed by atoms with E-state index in [0.29, 0.717) is 17.5 Å². The van der Waals surface area contributed by atoms with E-state index in [1.54, 1.807) is 30.5 Å². The molecule has 9 heteroatoms. The maximum absolute atomic E-state index is 12.2. The van der Waals surface area contributed by atoms with Gasteiger partial charge >= 0.3 is 0 Å². The fourth-order valence-electron chi connectivity index (χ4n) is 1.98. The average Bonchev–Trinajstić information content (AvgIpc) is 3.05. The van der Waals surface area contributed by atoms with Gasteiger partial charge in [0.15, 0.2) is 0 Å². The Hall–Kier alpha value is -2.29. The Kier molecular flexibility index (Phi) is 4.89. The fourth-order valence-corrected chi connectivity index (χ4v) is 3.53. The van der Waals surface area contributed by atoms with Crippen molar-refractivity contribution >= 4 is 21.6 Å². The molecule has 0 aliphatic heterocycles. The molecule has 0 spiro atoms. The normalized spacial score (nSPS) is 11.5. The first kappa shape index (κ1) is 16.6. The van der Waals surface area contributed by atoms with E-state index < -0.39 is 10.0 Å². The van der Waals surface area contributed by atoms with Crippen LogP contribution in [0.25, 0.3) is 11.6 Å². The molecule has 2 aromatic heterocycles. The monoisotopic (exact) mass is 364 g/mol. The van der Waals surface area contributed by atoms with Gasteiger partial charge in [0.2, 0.25) is 15.9 Å². The molecule has 7 nitrogen and oxygen atoms in total. The molecule has 2 heterocycles. The summed E-state index contributed by atoms with van der Waals surface area (Å²) in [6.07, 6.45) is 1.88. The molecule has 24 heavy (non-hydrogen) atoms. The van der Waals surface area contributed by atoms with E-state index in [0.717, 1.165) is 0 Å². The topological polar surface area (TPSA) is 98.0 Å². The Bertz CT molecular complexity index is 929. The Morgan fingerprint density at radius 3 is 2.62 bits per heavy atom. The highest BCUT2D eigenvalue weighted by molar-refractivity contribution is 7.89. The lowest BCUT2D eigenvalue weighted by atomic mass is 10.3. The van der Waals surface area contributed by atoms with Crippen LogP contribution in [-0.2, 0) is 16.4 Å². The highest BCUT2D eigenvalue weighted by atomic mass is 35.5. The maximum Gasteiger partial charge on any atom is 0.266 e. The van der Waals surface area contributed by atoms with Crippen LogP contribution >= 0.6 is 11.6 Å². The van der Waals surface area contributed by atoms with Crippen LogP contribution in [-0.4, -0.2) is 30.1 Å². The molecule has 0 fully saturated rings. The number of hydrogen-bond acceptors (Lipinski definition) is 6. The first-order valence-corrected chi connectivity index (χ1v) is 8.90. The number of sulfonamides is 1. The molecule has 0 radical (unpaired) electrons. The second kappa shape index (κ2) is 7.08. The minimum Gasteiger partial charge on any atom is -0.419 e. The zero-order chi connectivity index (χ0) is 17.0. The highest BCUT2D eigenvalue weighted by Gasteiger charge is 2.17. The van der Waals surface area contributed by atoms with E-state index in [-0.39, 0.29) is 22.9 Å². The molecular formula is C15H13ClN4O3S. The van der Waals surface area contributed by atoms with Gasteiger partial charge in [-0.05, 0) is 24.3 Å². The zero-order valence-corrected chi connectivity index (χ0v) is 14.0. The Labute approximate surface area is 143 Å². The summed E-state index contributed by atoms with van der Waals surface area (Å²) < 4.78 is 32.3. The standard InChI is InChI=1S/C15H13ClN4O3S/c16-11-5-1-2-7-13(11)24(21,22)18-10-8-14-19-20-15(23-14)12-6-3-4-9-17-12/h1-7,9,18H,8,10H2. The summed E-state index contributed by atoms with van der Waals surface area (Å²) in [5, 5.41) is 7.95. The van der Waals surface area contributed by atoms with E-state index in [2.05, 4.69) is 19.9 Å². The predicted molar refractivity (Wildman–Crippen MR) is 87.9 cm³/mol. The van der Waals surface area contributed by atoms with Crippen molar-refractivity contribution in [3.05, 3.63) is 59.6 Å². The number of nitrogens with one attached hydrogen (secondary N) is 1. The van der Waals surface area contributed by atoms with Gasteiger partial charge < -0.3 is 4.42 Å². The Balaban J connectivity index is 1.63. The predicted octanol–water partition coefficient (Wildman–Crippen LogP) is 2.31. The van der Waals surface area contributed by atoms with Crippen LogP contribution in [0, 0.1) is 0 Å². The molecule has 1 N–H and O–H groups in total.